The average molecular weight is 477 g/mol. The number of benzene rings is 1. The quantitative estimate of drug-likeness (QED) is 0.459. The molecule has 1 fully saturated rings. The third-order valence-corrected chi connectivity index (χ3v) is 5.58. The number of β-amino-alcohol motifs (C(OH)–C–C–N with tert-alkyl or cyclic N) is 1. The van der Waals surface area contributed by atoms with E-state index in [1.807, 2.05) is 0 Å². The Bertz CT molecular complexity index is 926. The number of hydrogen-bond donors (Lipinski definition) is 1. The number of rotatable bonds is 8. The number of alkyl halides is 3. The SMILES string of the molecule is CC(O)(CN1CCC(OCc2ccc(C(F)(F)F)cc2)CC1)Cn1cc([N+](=O)[O-])nc1Cl. The molecule has 1 unspecified atom stereocenters. The molecular weight excluding hydrogens is 453 g/mol. The van der Waals surface area contributed by atoms with Crippen LogP contribution in [0.5, 0.6) is 0 Å². The zero-order valence-electron chi connectivity index (χ0n) is 17.4. The van der Waals surface area contributed by atoms with Crippen molar-refractivity contribution in [2.24, 2.45) is 0 Å². The molecule has 1 atom stereocenters. The summed E-state index contributed by atoms with van der Waals surface area (Å²) in [5, 5.41) is 21.5. The molecule has 0 saturated carbocycles. The molecule has 12 heteroatoms. The van der Waals surface area contributed by atoms with Crippen LogP contribution in [0.1, 0.15) is 30.9 Å². The molecule has 1 aliphatic rings. The number of ether oxygens (including phenoxy) is 1. The van der Waals surface area contributed by atoms with E-state index in [0.29, 0.717) is 38.0 Å². The van der Waals surface area contributed by atoms with Gasteiger partial charge in [0.2, 0.25) is 0 Å². The van der Waals surface area contributed by atoms with Crippen molar-refractivity contribution in [3.63, 3.8) is 0 Å². The van der Waals surface area contributed by atoms with Gasteiger partial charge in [-0.05, 0) is 59.0 Å². The topological polar surface area (TPSA) is 93.7 Å². The molecule has 176 valence electrons. The van der Waals surface area contributed by atoms with Gasteiger partial charge in [0.1, 0.15) is 6.20 Å². The van der Waals surface area contributed by atoms with Gasteiger partial charge in [0.15, 0.2) is 0 Å². The molecule has 8 nitrogen and oxygen atoms in total. The Morgan fingerprint density at radius 2 is 1.88 bits per heavy atom. The van der Waals surface area contributed by atoms with Gasteiger partial charge >= 0.3 is 17.3 Å². The van der Waals surface area contributed by atoms with E-state index >= 15 is 0 Å². The van der Waals surface area contributed by atoms with Gasteiger partial charge in [-0.3, -0.25) is 4.57 Å². The number of hydrogen-bond acceptors (Lipinski definition) is 6. The first-order valence-electron chi connectivity index (χ1n) is 10.0. The minimum Gasteiger partial charge on any atom is -0.387 e. The monoisotopic (exact) mass is 476 g/mol. The third kappa shape index (κ3) is 6.64. The van der Waals surface area contributed by atoms with Gasteiger partial charge in [-0.15, -0.1) is 0 Å². The van der Waals surface area contributed by atoms with Crippen molar-refractivity contribution in [3.8, 4) is 0 Å². The lowest BCUT2D eigenvalue weighted by Gasteiger charge is -2.36. The average Bonchev–Trinajstić information content (AvgIpc) is 3.07. The number of likely N-dealkylation sites (tertiary alicyclic amines) is 1. The van der Waals surface area contributed by atoms with E-state index in [-0.39, 0.29) is 30.4 Å². The molecule has 0 aliphatic carbocycles. The molecule has 1 saturated heterocycles. The van der Waals surface area contributed by atoms with Crippen molar-refractivity contribution in [1.82, 2.24) is 14.5 Å². The van der Waals surface area contributed by atoms with E-state index in [1.54, 1.807) is 6.92 Å². The van der Waals surface area contributed by atoms with Gasteiger partial charge in [0.25, 0.3) is 0 Å². The van der Waals surface area contributed by atoms with E-state index in [0.717, 1.165) is 12.1 Å². The molecule has 2 heterocycles. The first-order valence-corrected chi connectivity index (χ1v) is 10.4. The largest absolute Gasteiger partial charge is 0.416 e. The summed E-state index contributed by atoms with van der Waals surface area (Å²) in [7, 11) is 0. The van der Waals surface area contributed by atoms with E-state index in [1.165, 1.54) is 22.9 Å². The van der Waals surface area contributed by atoms with Crippen LogP contribution in [0.2, 0.25) is 5.28 Å². The lowest BCUT2D eigenvalue weighted by molar-refractivity contribution is -0.389. The summed E-state index contributed by atoms with van der Waals surface area (Å²) in [6.45, 7) is 3.59. The fourth-order valence-corrected chi connectivity index (χ4v) is 3.91. The molecular formula is C20H24ClF3N4O4. The van der Waals surface area contributed by atoms with Crippen molar-refractivity contribution in [3.05, 3.63) is 57.0 Å². The Labute approximate surface area is 187 Å². The van der Waals surface area contributed by atoms with Gasteiger partial charge in [-0.1, -0.05) is 12.1 Å². The van der Waals surface area contributed by atoms with Crippen molar-refractivity contribution < 1.29 is 27.9 Å². The molecule has 32 heavy (non-hydrogen) atoms. The van der Waals surface area contributed by atoms with Crippen molar-refractivity contribution in [2.75, 3.05) is 19.6 Å². The van der Waals surface area contributed by atoms with Gasteiger partial charge in [0.05, 0.1) is 30.4 Å². The van der Waals surface area contributed by atoms with Crippen LogP contribution in [0, 0.1) is 10.1 Å². The van der Waals surface area contributed by atoms with Crippen LogP contribution in [-0.2, 0) is 24.1 Å². The van der Waals surface area contributed by atoms with E-state index in [9.17, 15) is 28.4 Å². The Hall–Kier alpha value is -2.21. The summed E-state index contributed by atoms with van der Waals surface area (Å²) in [5.74, 6) is -0.378. The van der Waals surface area contributed by atoms with Crippen LogP contribution in [-0.4, -0.2) is 55.8 Å². The third-order valence-electron chi connectivity index (χ3n) is 5.28. The van der Waals surface area contributed by atoms with Crippen molar-refractivity contribution >= 4 is 17.4 Å². The molecule has 2 aromatic rings. The summed E-state index contributed by atoms with van der Waals surface area (Å²) >= 11 is 5.92. The number of nitrogens with zero attached hydrogens (tertiary/aromatic N) is 4. The molecule has 1 aromatic heterocycles. The molecule has 0 bridgehead atoms. The summed E-state index contributed by atoms with van der Waals surface area (Å²) in [5.41, 5.74) is -1.20. The lowest BCUT2D eigenvalue weighted by Crippen LogP contribution is -2.47. The number of piperidine rings is 1. The summed E-state index contributed by atoms with van der Waals surface area (Å²) < 4.78 is 45.1. The highest BCUT2D eigenvalue weighted by Crippen LogP contribution is 2.29. The van der Waals surface area contributed by atoms with Gasteiger partial charge < -0.3 is 24.9 Å². The Morgan fingerprint density at radius 3 is 2.41 bits per heavy atom. The molecule has 1 aromatic carbocycles. The predicted octanol–water partition coefficient (Wildman–Crippen LogP) is 3.90. The van der Waals surface area contributed by atoms with Crippen LogP contribution in [0.15, 0.2) is 30.5 Å². The van der Waals surface area contributed by atoms with Crippen molar-refractivity contribution in [1.29, 1.82) is 0 Å². The Balaban J connectivity index is 1.44. The van der Waals surface area contributed by atoms with E-state index in [2.05, 4.69) is 9.88 Å². The second-order valence-corrected chi connectivity index (χ2v) is 8.57. The maximum atomic E-state index is 12.6. The molecule has 0 amide bonds. The van der Waals surface area contributed by atoms with Crippen LogP contribution in [0.25, 0.3) is 0 Å². The Morgan fingerprint density at radius 1 is 1.25 bits per heavy atom. The number of nitro groups is 1. The number of aromatic nitrogens is 2. The summed E-state index contributed by atoms with van der Waals surface area (Å²) in [6, 6.07) is 4.93. The standard InChI is InChI=1S/C20H24ClF3N4O4/c1-19(29,13-27-10-17(28(30)31)25-18(27)21)12-26-8-6-16(7-9-26)32-11-14-2-4-15(5-3-14)20(22,23)24/h2-5,10,16,29H,6-9,11-13H2,1H3. The number of aliphatic hydroxyl groups is 1. The maximum Gasteiger partial charge on any atom is 0.416 e. The molecule has 0 radical (unpaired) electrons. The smallest absolute Gasteiger partial charge is 0.387 e. The normalized spacial score (nSPS) is 17.9. The number of imidazole rings is 1. The fourth-order valence-electron chi connectivity index (χ4n) is 3.72. The van der Waals surface area contributed by atoms with Gasteiger partial charge in [0, 0.05) is 19.6 Å². The minimum absolute atomic E-state index is 0.0239. The van der Waals surface area contributed by atoms with Crippen LogP contribution >= 0.6 is 11.6 Å². The zero-order valence-corrected chi connectivity index (χ0v) is 18.1. The molecule has 0 spiro atoms. The second-order valence-electron chi connectivity index (χ2n) is 8.23. The van der Waals surface area contributed by atoms with E-state index in [4.69, 9.17) is 16.3 Å². The molecule has 1 N–H and O–H groups in total. The lowest BCUT2D eigenvalue weighted by atomic mass is 10.0. The highest BCUT2D eigenvalue weighted by Gasteiger charge is 2.31. The van der Waals surface area contributed by atoms with Crippen molar-refractivity contribution in [2.45, 2.75) is 50.8 Å². The predicted molar refractivity (Wildman–Crippen MR) is 110 cm³/mol. The van der Waals surface area contributed by atoms with Gasteiger partial charge in [-0.25, -0.2) is 0 Å². The van der Waals surface area contributed by atoms with Gasteiger partial charge in [-0.2, -0.15) is 13.2 Å². The maximum absolute atomic E-state index is 12.6. The molecule has 3 rings (SSSR count). The first kappa shape index (κ1) is 24.4. The zero-order chi connectivity index (χ0) is 23.5. The van der Waals surface area contributed by atoms with Crippen LogP contribution in [0.4, 0.5) is 19.0 Å². The fraction of sp³-hybridized carbons (Fsp3) is 0.550. The number of halogens is 4. The summed E-state index contributed by atoms with van der Waals surface area (Å²) in [6.07, 6.45) is -1.75. The van der Waals surface area contributed by atoms with E-state index < -0.39 is 22.3 Å². The molecule has 1 aliphatic heterocycles. The second kappa shape index (κ2) is 9.74. The highest BCUT2D eigenvalue weighted by molar-refractivity contribution is 6.28. The first-order chi connectivity index (χ1) is 14.9. The Kier molecular flexibility index (Phi) is 7.43. The highest BCUT2D eigenvalue weighted by atomic mass is 35.5. The summed E-state index contributed by atoms with van der Waals surface area (Å²) in [4.78, 5) is 15.9. The van der Waals surface area contributed by atoms with Crippen LogP contribution < -0.4 is 0 Å². The minimum atomic E-state index is -4.36. The van der Waals surface area contributed by atoms with Crippen LogP contribution in [0.3, 0.4) is 0 Å².